The summed E-state index contributed by atoms with van der Waals surface area (Å²) in [6.45, 7) is -1.19. The number of aliphatic hydroxyl groups is 4. The zero-order valence-electron chi connectivity index (χ0n) is 5.91. The third-order valence-corrected chi connectivity index (χ3v) is 4.08. The van der Waals surface area contributed by atoms with Crippen molar-refractivity contribution in [1.29, 1.82) is 0 Å². The molecule has 7 heteroatoms. The summed E-state index contributed by atoms with van der Waals surface area (Å²) in [6, 6.07) is 0. The quantitative estimate of drug-likeness (QED) is 0.528. The molecule has 0 aliphatic heterocycles. The van der Waals surface area contributed by atoms with Crippen molar-refractivity contribution in [2.24, 2.45) is 5.41 Å². The van der Waals surface area contributed by atoms with Gasteiger partial charge in [-0.1, -0.05) is 15.9 Å². The first kappa shape index (κ1) is 13.3. The Hall–Kier alpha value is 1.28. The van der Waals surface area contributed by atoms with E-state index in [1.54, 1.807) is 0 Å². The molecule has 0 heterocycles. The minimum Gasteiger partial charge on any atom is -0.395 e. The molecule has 0 amide bonds. The first-order valence-electron chi connectivity index (χ1n) is 2.96. The lowest BCUT2D eigenvalue weighted by atomic mass is 9.92. The van der Waals surface area contributed by atoms with Crippen molar-refractivity contribution < 1.29 is 20.4 Å². The molecule has 4 nitrogen and oxygen atoms in total. The molecule has 0 rings (SSSR count). The number of halogens is 3. The van der Waals surface area contributed by atoms with Gasteiger partial charge in [-0.15, -0.1) is 0 Å². The van der Waals surface area contributed by atoms with E-state index in [0.717, 1.165) is 0 Å². The summed E-state index contributed by atoms with van der Waals surface area (Å²) >= 11 is 8.34. The third kappa shape index (κ3) is 2.40. The fourth-order valence-corrected chi connectivity index (χ4v) is 2.70. The molecule has 0 aromatic heterocycles. The highest BCUT2D eigenvalue weighted by Crippen LogP contribution is 2.45. The number of hydrogen-bond acceptors (Lipinski definition) is 4. The lowest BCUT2D eigenvalue weighted by Crippen LogP contribution is -2.51. The molecule has 0 aromatic carbocycles. The minimum absolute atomic E-state index is 0.594. The first-order chi connectivity index (χ1) is 5.31. The van der Waals surface area contributed by atoms with Crippen LogP contribution in [0.4, 0.5) is 0 Å². The highest BCUT2D eigenvalue weighted by molar-refractivity contribution is 9.25. The van der Waals surface area contributed by atoms with Crippen LogP contribution < -0.4 is 0 Å². The van der Waals surface area contributed by atoms with Crippen molar-refractivity contribution in [1.82, 2.24) is 0 Å². The molecule has 4 N–H and O–H groups in total. The van der Waals surface area contributed by atoms with Gasteiger partial charge in [0.2, 0.25) is 0 Å². The fraction of sp³-hybridized carbons (Fsp3) is 1.00. The molecule has 0 aliphatic rings. The second-order valence-corrected chi connectivity index (χ2v) is 6.58. The minimum atomic E-state index is -1.74. The van der Waals surface area contributed by atoms with E-state index in [1.807, 2.05) is 0 Å². The van der Waals surface area contributed by atoms with E-state index >= 15 is 0 Å². The predicted molar refractivity (Wildman–Crippen MR) is 54.3 cm³/mol. The largest absolute Gasteiger partial charge is 0.395 e. The summed E-state index contributed by atoms with van der Waals surface area (Å²) in [6.07, 6.45) is 0. The molecule has 1 atom stereocenters. The fourth-order valence-electron chi connectivity index (χ4n) is 0.534. The van der Waals surface area contributed by atoms with Crippen LogP contribution in [0.25, 0.3) is 0 Å². The molecule has 0 saturated heterocycles. The highest BCUT2D eigenvalue weighted by Gasteiger charge is 2.51. The summed E-state index contributed by atoms with van der Waals surface area (Å²) in [5, 5.41) is 35.2. The van der Waals surface area contributed by atoms with Crippen LogP contribution in [-0.4, -0.2) is 42.1 Å². The Balaban J connectivity index is 4.83. The van der Waals surface area contributed by atoms with Crippen LogP contribution in [0.15, 0.2) is 0 Å². The average Bonchev–Trinajstić information content (AvgIpc) is 1.87. The maximum absolute atomic E-state index is 9.42. The van der Waals surface area contributed by atoms with Crippen LogP contribution in [0.3, 0.4) is 0 Å². The van der Waals surface area contributed by atoms with Gasteiger partial charge in [0.1, 0.15) is 10.4 Å². The molecule has 0 aromatic rings. The lowest BCUT2D eigenvalue weighted by molar-refractivity contribution is -0.0668. The van der Waals surface area contributed by atoms with Gasteiger partial charge in [0, 0.05) is 0 Å². The zero-order chi connectivity index (χ0) is 9.99. The Morgan fingerprint density at radius 2 is 1.50 bits per heavy atom. The van der Waals surface area contributed by atoms with E-state index in [1.165, 1.54) is 0 Å². The molecule has 74 valence electrons. The van der Waals surface area contributed by atoms with E-state index in [9.17, 15) is 10.2 Å². The first-order valence-corrected chi connectivity index (χ1v) is 5.46. The number of alkyl halides is 3. The second kappa shape index (κ2) is 4.68. The van der Waals surface area contributed by atoms with Gasteiger partial charge in [-0.3, -0.25) is 0 Å². The number of hydrogen-bond donors (Lipinski definition) is 4. The van der Waals surface area contributed by atoms with E-state index < -0.39 is 27.1 Å². The Morgan fingerprint density at radius 1 is 1.17 bits per heavy atom. The highest BCUT2D eigenvalue weighted by atomic mass is 79.9. The SMILES string of the molecule is OCC(CO)(C(O)Br)C(O)(Br)Br. The van der Waals surface area contributed by atoms with Gasteiger partial charge in [-0.2, -0.15) is 0 Å². The van der Waals surface area contributed by atoms with Crippen LogP contribution >= 0.6 is 47.8 Å². The van der Waals surface area contributed by atoms with E-state index in [0.29, 0.717) is 0 Å². The van der Waals surface area contributed by atoms with Crippen LogP contribution in [0.5, 0.6) is 0 Å². The Morgan fingerprint density at radius 3 is 1.50 bits per heavy atom. The summed E-state index contributed by atoms with van der Waals surface area (Å²) in [4.78, 5) is 0. The molecule has 0 bridgehead atoms. The van der Waals surface area contributed by atoms with E-state index in [4.69, 9.17) is 10.2 Å². The normalized spacial score (nSPS) is 16.2. The van der Waals surface area contributed by atoms with Crippen molar-refractivity contribution in [3.05, 3.63) is 0 Å². The summed E-state index contributed by atoms with van der Waals surface area (Å²) in [7, 11) is 0. The van der Waals surface area contributed by atoms with Crippen LogP contribution in [-0.2, 0) is 0 Å². The van der Waals surface area contributed by atoms with Gasteiger partial charge in [-0.25, -0.2) is 0 Å². The monoisotopic (exact) mass is 370 g/mol. The number of rotatable bonds is 4. The standard InChI is InChI=1S/C5H9Br3O4/c6-3(11)4(1-9,2-10)5(7,8)12/h3,9-12H,1-2H2. The van der Waals surface area contributed by atoms with E-state index in [2.05, 4.69) is 47.8 Å². The predicted octanol–water partition coefficient (Wildman–Crippen LogP) is 0.107. The second-order valence-electron chi connectivity index (χ2n) is 2.35. The Labute approximate surface area is 95.0 Å². The summed E-state index contributed by atoms with van der Waals surface area (Å²) in [5.41, 5.74) is -1.51. The number of aliphatic hydroxyl groups excluding tert-OH is 3. The molecule has 1 unspecified atom stereocenters. The smallest absolute Gasteiger partial charge is 0.188 e. The van der Waals surface area contributed by atoms with Gasteiger partial charge >= 0.3 is 0 Å². The Bertz CT molecular complexity index is 140. The topological polar surface area (TPSA) is 80.9 Å². The van der Waals surface area contributed by atoms with Gasteiger partial charge in [-0.05, 0) is 31.9 Å². The molecule has 0 saturated carbocycles. The molecule has 0 fully saturated rings. The maximum Gasteiger partial charge on any atom is 0.188 e. The molecule has 0 aliphatic carbocycles. The van der Waals surface area contributed by atoms with Crippen molar-refractivity contribution in [3.63, 3.8) is 0 Å². The van der Waals surface area contributed by atoms with Gasteiger partial charge < -0.3 is 20.4 Å². The van der Waals surface area contributed by atoms with E-state index in [-0.39, 0.29) is 0 Å². The Kier molecular flexibility index (Phi) is 5.17. The van der Waals surface area contributed by atoms with Crippen molar-refractivity contribution >= 4 is 47.8 Å². The zero-order valence-corrected chi connectivity index (χ0v) is 10.7. The molecule has 12 heavy (non-hydrogen) atoms. The molecule has 0 radical (unpaired) electrons. The molecular formula is C5H9Br3O4. The molecule has 0 spiro atoms. The third-order valence-electron chi connectivity index (χ3n) is 1.62. The van der Waals surface area contributed by atoms with Gasteiger partial charge in [0.05, 0.1) is 13.2 Å². The van der Waals surface area contributed by atoms with Crippen molar-refractivity contribution in [2.45, 2.75) is 8.43 Å². The lowest BCUT2D eigenvalue weighted by Gasteiger charge is -2.38. The van der Waals surface area contributed by atoms with Crippen LogP contribution in [0.1, 0.15) is 0 Å². The van der Waals surface area contributed by atoms with Crippen LogP contribution in [0.2, 0.25) is 0 Å². The summed E-state index contributed by atoms with van der Waals surface area (Å²) in [5.74, 6) is 0. The molecular weight excluding hydrogens is 364 g/mol. The van der Waals surface area contributed by atoms with Crippen molar-refractivity contribution in [3.8, 4) is 0 Å². The van der Waals surface area contributed by atoms with Gasteiger partial charge in [0.25, 0.3) is 0 Å². The average molecular weight is 373 g/mol. The van der Waals surface area contributed by atoms with Crippen LogP contribution in [0, 0.1) is 5.41 Å². The van der Waals surface area contributed by atoms with Crippen molar-refractivity contribution in [2.75, 3.05) is 13.2 Å². The van der Waals surface area contributed by atoms with Gasteiger partial charge in [0.15, 0.2) is 3.42 Å². The summed E-state index contributed by atoms with van der Waals surface area (Å²) < 4.78 is -1.74. The maximum atomic E-state index is 9.42.